The van der Waals surface area contributed by atoms with Crippen molar-refractivity contribution >= 4 is 11.7 Å². The van der Waals surface area contributed by atoms with E-state index in [9.17, 15) is 18.0 Å². The van der Waals surface area contributed by atoms with Gasteiger partial charge in [-0.2, -0.15) is 17.7 Å². The molecule has 3 aromatic heterocycles. The monoisotopic (exact) mass is 437 g/mol. The molecule has 0 saturated carbocycles. The van der Waals surface area contributed by atoms with Crippen LogP contribution in [-0.4, -0.2) is 21.9 Å². The number of alkyl halides is 3. The summed E-state index contributed by atoms with van der Waals surface area (Å²) in [4.78, 5) is 21.2. The Kier molecular flexibility index (Phi) is 4.73. The van der Waals surface area contributed by atoms with Crippen molar-refractivity contribution in [3.05, 3.63) is 84.7 Å². The zero-order valence-corrected chi connectivity index (χ0v) is 16.5. The fourth-order valence-electron chi connectivity index (χ4n) is 3.66. The summed E-state index contributed by atoms with van der Waals surface area (Å²) < 4.78 is 46.6. The van der Waals surface area contributed by atoms with E-state index < -0.39 is 17.9 Å². The van der Waals surface area contributed by atoms with Gasteiger partial charge >= 0.3 is 17.9 Å². The highest BCUT2D eigenvalue weighted by Crippen LogP contribution is 2.34. The number of aromatic nitrogens is 3. The number of hydrogen-bond donors (Lipinski definition) is 1. The number of carbonyl (C=O) groups is 1. The van der Waals surface area contributed by atoms with E-state index in [-0.39, 0.29) is 23.6 Å². The number of carbonyl (C=O) groups excluding carboxylic acids is 1. The highest BCUT2D eigenvalue weighted by molar-refractivity contribution is 5.86. The molecule has 1 aliphatic rings. The third-order valence-corrected chi connectivity index (χ3v) is 5.17. The lowest BCUT2D eigenvalue weighted by Crippen LogP contribution is -2.43. The molecule has 1 aliphatic heterocycles. The van der Waals surface area contributed by atoms with Crippen molar-refractivity contribution in [2.75, 3.05) is 5.32 Å². The first-order valence-corrected chi connectivity index (χ1v) is 9.79. The minimum absolute atomic E-state index is 0.202. The molecule has 1 atom stereocenters. The molecule has 0 fully saturated rings. The van der Waals surface area contributed by atoms with Crippen LogP contribution in [0.25, 0.3) is 22.5 Å². The van der Waals surface area contributed by atoms with E-state index in [1.165, 1.54) is 16.9 Å². The normalized spacial score (nSPS) is 15.5. The number of fused-ring (bicyclic) bond motifs is 1. The van der Waals surface area contributed by atoms with Gasteiger partial charge in [0, 0.05) is 17.3 Å². The van der Waals surface area contributed by atoms with Crippen LogP contribution in [0.5, 0.6) is 0 Å². The van der Waals surface area contributed by atoms with Crippen LogP contribution in [0.4, 0.5) is 19.0 Å². The van der Waals surface area contributed by atoms with Gasteiger partial charge in [-0.25, -0.2) is 9.78 Å². The molecule has 4 aromatic rings. The molecule has 5 rings (SSSR count). The minimum Gasteiger partial charge on any atom is -0.469 e. The molecular weight excluding hydrogens is 421 g/mol. The molecule has 1 aromatic carbocycles. The van der Waals surface area contributed by atoms with Crippen molar-refractivity contribution in [3.8, 4) is 22.5 Å². The van der Waals surface area contributed by atoms with Gasteiger partial charge in [0.25, 0.3) is 0 Å². The fraction of sp³-hybridized carbons (Fsp3) is 0.130. The summed E-state index contributed by atoms with van der Waals surface area (Å²) >= 11 is 0. The lowest BCUT2D eigenvalue weighted by atomic mass is 10.1. The van der Waals surface area contributed by atoms with Crippen molar-refractivity contribution < 1.29 is 27.0 Å². The Bertz CT molecular complexity index is 1290. The van der Waals surface area contributed by atoms with Gasteiger partial charge < -0.3 is 4.42 Å². The van der Waals surface area contributed by atoms with Gasteiger partial charge in [-0.1, -0.05) is 30.3 Å². The van der Waals surface area contributed by atoms with E-state index in [1.807, 2.05) is 30.3 Å². The number of furan rings is 1. The summed E-state index contributed by atoms with van der Waals surface area (Å²) in [5, 5.41) is 3.12. The van der Waals surface area contributed by atoms with Gasteiger partial charge in [0.15, 0.2) is 5.69 Å². The van der Waals surface area contributed by atoms with Gasteiger partial charge in [0.2, 0.25) is 6.04 Å². The van der Waals surface area contributed by atoms with E-state index in [1.54, 1.807) is 18.3 Å². The van der Waals surface area contributed by atoms with Crippen molar-refractivity contribution in [1.29, 1.82) is 0 Å². The largest absolute Gasteiger partial charge is 0.469 e. The van der Waals surface area contributed by atoms with Gasteiger partial charge in [0.05, 0.1) is 12.7 Å². The molecule has 1 unspecified atom stereocenters. The molecule has 0 bridgehead atoms. The average Bonchev–Trinajstić information content (AvgIpc) is 3.42. The summed E-state index contributed by atoms with van der Waals surface area (Å²) in [5.74, 6) is 0.693. The smallest absolute Gasteiger partial charge is 0.433 e. The maximum absolute atomic E-state index is 13.3. The summed E-state index contributed by atoms with van der Waals surface area (Å²) in [5.41, 5.74) is 0.597. The van der Waals surface area contributed by atoms with E-state index in [4.69, 9.17) is 4.42 Å². The molecule has 0 amide bonds. The number of pyridine rings is 1. The molecule has 1 N–H and O–H groups in total. The minimum atomic E-state index is -4.60. The van der Waals surface area contributed by atoms with Crippen LogP contribution in [0.2, 0.25) is 0 Å². The maximum atomic E-state index is 13.3. The Morgan fingerprint density at radius 2 is 1.88 bits per heavy atom. The van der Waals surface area contributed by atoms with Gasteiger partial charge in [0.1, 0.15) is 23.3 Å². The van der Waals surface area contributed by atoms with Gasteiger partial charge in [-0.3, -0.25) is 10.3 Å². The molecule has 32 heavy (non-hydrogen) atoms. The predicted molar refractivity (Wildman–Crippen MR) is 109 cm³/mol. The molecule has 9 heteroatoms. The molecular formula is C23H16F3N4O2+. The molecule has 6 nitrogen and oxygen atoms in total. The first-order valence-electron chi connectivity index (χ1n) is 9.79. The first kappa shape index (κ1) is 19.9. The Balaban J connectivity index is 1.65. The zero-order valence-electron chi connectivity index (χ0n) is 16.5. The molecule has 0 saturated heterocycles. The van der Waals surface area contributed by atoms with Crippen molar-refractivity contribution in [1.82, 2.24) is 9.97 Å². The van der Waals surface area contributed by atoms with Crippen molar-refractivity contribution in [2.45, 2.75) is 18.6 Å². The van der Waals surface area contributed by atoms with Crippen molar-refractivity contribution in [2.24, 2.45) is 0 Å². The van der Waals surface area contributed by atoms with E-state index in [0.29, 0.717) is 17.3 Å². The topological polar surface area (TPSA) is 71.9 Å². The summed E-state index contributed by atoms with van der Waals surface area (Å²) in [6.45, 7) is 0. The maximum Gasteiger partial charge on any atom is 0.433 e. The Morgan fingerprint density at radius 1 is 1.06 bits per heavy atom. The fourth-order valence-corrected chi connectivity index (χ4v) is 3.66. The van der Waals surface area contributed by atoms with Crippen LogP contribution >= 0.6 is 0 Å². The lowest BCUT2D eigenvalue weighted by Gasteiger charge is -2.09. The van der Waals surface area contributed by atoms with Crippen LogP contribution in [0.3, 0.4) is 0 Å². The summed E-state index contributed by atoms with van der Waals surface area (Å²) in [6.07, 6.45) is -0.113. The molecule has 0 aliphatic carbocycles. The highest BCUT2D eigenvalue weighted by Gasteiger charge is 2.42. The Labute approximate surface area is 180 Å². The van der Waals surface area contributed by atoms with E-state index >= 15 is 0 Å². The SMILES string of the molecule is O=C1C(Cc2ccco2)Nc2c(-c3ccnc(C(F)(F)F)c3)nc(-c3ccccc3)c[n+]21. The number of benzene rings is 1. The summed E-state index contributed by atoms with van der Waals surface area (Å²) in [6, 6.07) is 14.3. The van der Waals surface area contributed by atoms with Gasteiger partial charge in [-0.15, -0.1) is 0 Å². The van der Waals surface area contributed by atoms with Crippen LogP contribution < -0.4 is 9.88 Å². The van der Waals surface area contributed by atoms with Gasteiger partial charge in [-0.05, 0) is 24.3 Å². The standard InChI is InChI=1S/C23H15F3N4O2/c24-23(25,26)19-11-15(8-9-27-19)20-21-29-17(12-16-7-4-10-32-16)22(31)30(21)13-18(28-20)14-5-2-1-3-6-14/h1-11,13,17H,12H2/p+1. The van der Waals surface area contributed by atoms with Crippen LogP contribution in [0.1, 0.15) is 16.2 Å². The average molecular weight is 437 g/mol. The number of nitrogens with one attached hydrogen (secondary N) is 1. The Hall–Kier alpha value is -4.01. The predicted octanol–water partition coefficient (Wildman–Crippen LogP) is 4.39. The summed E-state index contributed by atoms with van der Waals surface area (Å²) in [7, 11) is 0. The Morgan fingerprint density at radius 3 is 2.59 bits per heavy atom. The quantitative estimate of drug-likeness (QED) is 0.480. The second-order valence-electron chi connectivity index (χ2n) is 7.31. The van der Waals surface area contributed by atoms with Crippen LogP contribution in [-0.2, 0) is 12.6 Å². The van der Waals surface area contributed by atoms with Crippen LogP contribution in [0, 0.1) is 0 Å². The molecule has 160 valence electrons. The molecule has 4 heterocycles. The second kappa shape index (κ2) is 7.60. The van der Waals surface area contributed by atoms with Crippen LogP contribution in [0.15, 0.2) is 77.7 Å². The zero-order chi connectivity index (χ0) is 22.3. The first-order chi connectivity index (χ1) is 15.4. The second-order valence-corrected chi connectivity index (χ2v) is 7.31. The number of nitrogens with zero attached hydrogens (tertiary/aromatic N) is 3. The van der Waals surface area contributed by atoms with E-state index in [2.05, 4.69) is 15.3 Å². The number of halogens is 3. The van der Waals surface area contributed by atoms with Crippen molar-refractivity contribution in [3.63, 3.8) is 0 Å². The highest BCUT2D eigenvalue weighted by atomic mass is 19.4. The third-order valence-electron chi connectivity index (χ3n) is 5.17. The number of hydrogen-bond acceptors (Lipinski definition) is 5. The molecule has 0 spiro atoms. The number of anilines is 1. The van der Waals surface area contributed by atoms with E-state index in [0.717, 1.165) is 17.8 Å². The molecule has 0 radical (unpaired) electrons. The third kappa shape index (κ3) is 3.62. The number of rotatable bonds is 4. The lowest BCUT2D eigenvalue weighted by molar-refractivity contribution is -0.551.